The van der Waals surface area contributed by atoms with Gasteiger partial charge in [0.05, 0.1) is 21.3 Å². The van der Waals surface area contributed by atoms with Crippen molar-refractivity contribution >= 4 is 44.5 Å². The van der Waals surface area contributed by atoms with Crippen LogP contribution in [0.5, 0.6) is 17.2 Å². The zero-order chi connectivity index (χ0) is 23.7. The number of para-hydroxylation sites is 1. The van der Waals surface area contributed by atoms with E-state index in [9.17, 15) is 4.79 Å². The smallest absolute Gasteiger partial charge is 0.284 e. The number of hydrogen-bond donors (Lipinski definition) is 0. The molecule has 0 saturated carbocycles. The van der Waals surface area contributed by atoms with Gasteiger partial charge < -0.3 is 14.2 Å². The van der Waals surface area contributed by atoms with Crippen LogP contribution in [0.2, 0.25) is 0 Å². The lowest BCUT2D eigenvalue weighted by atomic mass is 10.1. The van der Waals surface area contributed by atoms with E-state index in [2.05, 4.69) is 0 Å². The number of nitrogens with zero attached hydrogens (tertiary/aromatic N) is 3. The Labute approximate surface area is 200 Å². The molecule has 0 N–H and O–H groups in total. The molecule has 0 spiro atoms. The normalized spacial score (nSPS) is 14.6. The second-order valence-corrected chi connectivity index (χ2v) is 8.34. The van der Waals surface area contributed by atoms with Gasteiger partial charge in [0.1, 0.15) is 39.0 Å². The van der Waals surface area contributed by atoms with Crippen molar-refractivity contribution in [3.63, 3.8) is 0 Å². The molecule has 3 aromatic carbocycles. The Kier molecular flexibility index (Phi) is 5.73. The molecule has 1 aromatic heterocycles. The summed E-state index contributed by atoms with van der Waals surface area (Å²) in [6.45, 7) is 0. The van der Waals surface area contributed by atoms with Crippen LogP contribution in [0.3, 0.4) is 0 Å². The van der Waals surface area contributed by atoms with Crippen molar-refractivity contribution in [3.8, 4) is 17.2 Å². The van der Waals surface area contributed by atoms with Crippen molar-refractivity contribution in [1.29, 1.82) is 0 Å². The van der Waals surface area contributed by atoms with Crippen LogP contribution in [-0.2, 0) is 4.79 Å². The molecule has 1 aliphatic rings. The fourth-order valence-electron chi connectivity index (χ4n) is 3.78. The van der Waals surface area contributed by atoms with Crippen LogP contribution in [0, 0.1) is 0 Å². The molecular weight excluding hydrogens is 450 g/mol. The highest BCUT2D eigenvalue weighted by atomic mass is 32.1. The van der Waals surface area contributed by atoms with Crippen molar-refractivity contribution in [2.75, 3.05) is 26.2 Å². The maximum Gasteiger partial charge on any atom is 0.284 e. The Morgan fingerprint density at radius 1 is 0.824 bits per heavy atom. The molecule has 0 aliphatic carbocycles. The number of rotatable bonds is 6. The third-order valence-corrected chi connectivity index (χ3v) is 6.47. The molecule has 0 atom stereocenters. The number of amides is 1. The van der Waals surface area contributed by atoms with E-state index in [-0.39, 0.29) is 5.91 Å². The monoisotopic (exact) mass is 471 g/mol. The number of methoxy groups -OCH3 is 3. The van der Waals surface area contributed by atoms with Crippen molar-refractivity contribution < 1.29 is 19.0 Å². The van der Waals surface area contributed by atoms with Gasteiger partial charge in [-0.25, -0.2) is 14.9 Å². The van der Waals surface area contributed by atoms with Crippen LogP contribution in [0.15, 0.2) is 77.4 Å². The number of thiazole rings is 1. The molecule has 0 fully saturated rings. The van der Waals surface area contributed by atoms with Gasteiger partial charge >= 0.3 is 0 Å². The number of aliphatic imine (C=N–C) groups is 1. The van der Waals surface area contributed by atoms with Gasteiger partial charge in [0.2, 0.25) is 0 Å². The van der Waals surface area contributed by atoms with E-state index in [4.69, 9.17) is 24.2 Å². The summed E-state index contributed by atoms with van der Waals surface area (Å²) in [5.41, 5.74) is 2.49. The summed E-state index contributed by atoms with van der Waals surface area (Å²) in [6, 6.07) is 20.7. The lowest BCUT2D eigenvalue weighted by Crippen LogP contribution is -2.32. The van der Waals surface area contributed by atoms with E-state index in [0.29, 0.717) is 39.4 Å². The average molecular weight is 472 g/mol. The molecule has 4 aromatic rings. The zero-order valence-electron chi connectivity index (χ0n) is 18.8. The lowest BCUT2D eigenvalue weighted by Gasteiger charge is -2.14. The number of carbonyl (C=O) groups is 1. The minimum atomic E-state index is -0.276. The number of amidine groups is 1. The Morgan fingerprint density at radius 3 is 2.24 bits per heavy atom. The first-order chi connectivity index (χ1) is 16.6. The van der Waals surface area contributed by atoms with Gasteiger partial charge in [-0.15, -0.1) is 0 Å². The van der Waals surface area contributed by atoms with Gasteiger partial charge in [-0.1, -0.05) is 59.9 Å². The zero-order valence-corrected chi connectivity index (χ0v) is 19.6. The number of aromatic nitrogens is 1. The number of ether oxygens (including phenoxy) is 3. The molecular formula is C26H21N3O4S. The first-order valence-corrected chi connectivity index (χ1v) is 11.3. The minimum absolute atomic E-state index is 0.276. The molecule has 170 valence electrons. The maximum atomic E-state index is 13.7. The SMILES string of the molecule is COc1ccccc1C=C1N=C(c2ccccc2)N(c2nc3c(OC)ccc(OC)c3s2)C1=O. The van der Waals surface area contributed by atoms with Gasteiger partial charge in [0, 0.05) is 11.1 Å². The van der Waals surface area contributed by atoms with Gasteiger partial charge in [0.15, 0.2) is 5.13 Å². The number of carbonyl (C=O) groups excluding carboxylic acids is 1. The Bertz CT molecular complexity index is 1400. The van der Waals surface area contributed by atoms with Crippen molar-refractivity contribution in [2.45, 2.75) is 0 Å². The fraction of sp³-hybridized carbons (Fsp3) is 0.115. The van der Waals surface area contributed by atoms with E-state index < -0.39 is 0 Å². The molecule has 0 radical (unpaired) electrons. The van der Waals surface area contributed by atoms with Crippen LogP contribution < -0.4 is 19.1 Å². The van der Waals surface area contributed by atoms with Crippen LogP contribution in [0.1, 0.15) is 11.1 Å². The standard InChI is InChI=1S/C26H21N3O4S/c1-31-19-12-8-7-11-17(19)15-18-25(30)29(24(27-18)16-9-5-4-6-10-16)26-28-22-20(32-2)13-14-21(33-3)23(22)34-26/h4-15H,1-3H3. The van der Waals surface area contributed by atoms with E-state index in [0.717, 1.165) is 15.8 Å². The van der Waals surface area contributed by atoms with Crippen molar-refractivity contribution in [2.24, 2.45) is 4.99 Å². The first kappa shape index (κ1) is 21.7. The van der Waals surface area contributed by atoms with Gasteiger partial charge in [0.25, 0.3) is 5.91 Å². The van der Waals surface area contributed by atoms with Crippen LogP contribution in [0.25, 0.3) is 16.3 Å². The number of fused-ring (bicyclic) bond motifs is 1. The largest absolute Gasteiger partial charge is 0.496 e. The number of anilines is 1. The molecule has 0 bridgehead atoms. The average Bonchev–Trinajstić information content (AvgIpc) is 3.46. The summed E-state index contributed by atoms with van der Waals surface area (Å²) >= 11 is 1.35. The molecule has 1 aliphatic heterocycles. The molecule has 0 unspecified atom stereocenters. The summed E-state index contributed by atoms with van der Waals surface area (Å²) in [4.78, 5) is 24.7. The van der Waals surface area contributed by atoms with Gasteiger partial charge in [-0.3, -0.25) is 4.79 Å². The Hall–Kier alpha value is -4.17. The molecule has 8 heteroatoms. The van der Waals surface area contributed by atoms with Crippen molar-refractivity contribution in [3.05, 3.63) is 83.6 Å². The molecule has 0 saturated heterocycles. The summed E-state index contributed by atoms with van der Waals surface area (Å²) in [5.74, 6) is 2.15. The second-order valence-electron chi connectivity index (χ2n) is 7.36. The second kappa shape index (κ2) is 8.99. The van der Waals surface area contributed by atoms with Crippen LogP contribution >= 0.6 is 11.3 Å². The maximum absolute atomic E-state index is 13.7. The van der Waals surface area contributed by atoms with Crippen molar-refractivity contribution in [1.82, 2.24) is 4.98 Å². The highest BCUT2D eigenvalue weighted by Gasteiger charge is 2.35. The fourth-order valence-corrected chi connectivity index (χ4v) is 4.85. The molecule has 34 heavy (non-hydrogen) atoms. The van der Waals surface area contributed by atoms with Crippen LogP contribution in [0.4, 0.5) is 5.13 Å². The van der Waals surface area contributed by atoms with E-state index in [1.807, 2.05) is 60.7 Å². The summed E-state index contributed by atoms with van der Waals surface area (Å²) in [7, 11) is 4.79. The quantitative estimate of drug-likeness (QED) is 0.363. The molecule has 7 nitrogen and oxygen atoms in total. The summed E-state index contributed by atoms with van der Waals surface area (Å²) in [5, 5.41) is 0.480. The van der Waals surface area contributed by atoms with Crippen LogP contribution in [-0.4, -0.2) is 38.1 Å². The molecule has 1 amide bonds. The number of hydrogen-bond acceptors (Lipinski definition) is 7. The third kappa shape index (κ3) is 3.68. The summed E-state index contributed by atoms with van der Waals surface area (Å²) in [6.07, 6.45) is 1.73. The van der Waals surface area contributed by atoms with Gasteiger partial charge in [-0.05, 0) is 24.3 Å². The highest BCUT2D eigenvalue weighted by molar-refractivity contribution is 7.23. The third-order valence-electron chi connectivity index (χ3n) is 5.41. The number of benzene rings is 3. The Balaban J connectivity index is 1.68. The molecule has 2 heterocycles. The summed E-state index contributed by atoms with van der Waals surface area (Å²) < 4.78 is 17.3. The predicted octanol–water partition coefficient (Wildman–Crippen LogP) is 5.16. The van der Waals surface area contributed by atoms with E-state index in [1.54, 1.807) is 38.4 Å². The van der Waals surface area contributed by atoms with E-state index >= 15 is 0 Å². The lowest BCUT2D eigenvalue weighted by molar-refractivity contribution is -0.113. The highest BCUT2D eigenvalue weighted by Crippen LogP contribution is 2.42. The van der Waals surface area contributed by atoms with Gasteiger partial charge in [-0.2, -0.15) is 0 Å². The minimum Gasteiger partial charge on any atom is -0.496 e. The van der Waals surface area contributed by atoms with E-state index in [1.165, 1.54) is 11.3 Å². The Morgan fingerprint density at radius 2 is 1.50 bits per heavy atom. The first-order valence-electron chi connectivity index (χ1n) is 10.5. The molecule has 5 rings (SSSR count). The predicted molar refractivity (Wildman–Crippen MR) is 134 cm³/mol. The topological polar surface area (TPSA) is 73.2 Å².